The van der Waals surface area contributed by atoms with Gasteiger partial charge in [0.1, 0.15) is 0 Å². The number of aromatic nitrogens is 2. The minimum absolute atomic E-state index is 0.00536. The summed E-state index contributed by atoms with van der Waals surface area (Å²) in [5.74, 6) is -0.346. The number of benzene rings is 2. The fourth-order valence-electron chi connectivity index (χ4n) is 3.79. The molecule has 0 aliphatic heterocycles. The number of carbonyl (C=O) groups excluding carboxylic acids is 1. The van der Waals surface area contributed by atoms with Gasteiger partial charge in [-0.3, -0.25) is 14.7 Å². The van der Waals surface area contributed by atoms with Gasteiger partial charge in [0.2, 0.25) is 10.0 Å². The second-order valence-corrected chi connectivity index (χ2v) is 11.4. The number of nitrogens with zero attached hydrogens (tertiary/aromatic N) is 6. The van der Waals surface area contributed by atoms with Gasteiger partial charge in [-0.25, -0.2) is 13.4 Å². The molecule has 0 N–H and O–H groups in total. The molecule has 0 aliphatic rings. The van der Waals surface area contributed by atoms with Gasteiger partial charge >= 0.3 is 0 Å². The first-order chi connectivity index (χ1) is 18.3. The molecular weight excluding hydrogens is 520 g/mol. The lowest BCUT2D eigenvalue weighted by Crippen LogP contribution is -2.33. The van der Waals surface area contributed by atoms with Crippen LogP contribution in [0.5, 0.6) is 0 Å². The summed E-state index contributed by atoms with van der Waals surface area (Å²) >= 11 is 1.40. The minimum atomic E-state index is -3.94. The number of anilines is 1. The van der Waals surface area contributed by atoms with E-state index in [1.54, 1.807) is 12.3 Å². The molecule has 0 radical (unpaired) electrons. The largest absolute Gasteiger partial charge is 0.278 e. The Morgan fingerprint density at radius 1 is 1.00 bits per heavy atom. The summed E-state index contributed by atoms with van der Waals surface area (Å²) in [7, 11) is -3.94. The van der Waals surface area contributed by atoms with Crippen molar-refractivity contribution in [2.45, 2.75) is 31.2 Å². The molecule has 0 fully saturated rings. The van der Waals surface area contributed by atoms with Crippen LogP contribution < -0.4 is 4.90 Å². The lowest BCUT2D eigenvalue weighted by Gasteiger charge is -2.21. The van der Waals surface area contributed by atoms with Gasteiger partial charge in [-0.1, -0.05) is 23.5 Å². The quantitative estimate of drug-likeness (QED) is 0.284. The van der Waals surface area contributed by atoms with Crippen molar-refractivity contribution in [2.75, 3.05) is 18.0 Å². The van der Waals surface area contributed by atoms with Crippen LogP contribution in [0, 0.1) is 29.6 Å². The van der Waals surface area contributed by atoms with Crippen LogP contribution in [0.3, 0.4) is 0 Å². The molecule has 2 aromatic carbocycles. The van der Waals surface area contributed by atoms with Crippen molar-refractivity contribution < 1.29 is 13.2 Å². The maximum atomic E-state index is 13.7. The molecule has 2 aromatic heterocycles. The average Bonchev–Trinajstić information content (AvgIpc) is 3.35. The van der Waals surface area contributed by atoms with E-state index in [-0.39, 0.29) is 48.8 Å². The molecule has 4 rings (SSSR count). The van der Waals surface area contributed by atoms with Crippen LogP contribution in [0.25, 0.3) is 10.2 Å². The molecule has 0 aliphatic carbocycles. The highest BCUT2D eigenvalue weighted by atomic mass is 32.2. The molecule has 38 heavy (non-hydrogen) atoms. The van der Waals surface area contributed by atoms with E-state index in [2.05, 4.69) is 9.97 Å². The van der Waals surface area contributed by atoms with E-state index >= 15 is 0 Å². The molecule has 0 unspecified atom stereocenters. The second kappa shape index (κ2) is 11.9. The first-order valence-electron chi connectivity index (χ1n) is 11.8. The number of aryl methyl sites for hydroxylation is 1. The predicted molar refractivity (Wildman–Crippen MR) is 145 cm³/mol. The number of carbonyl (C=O) groups is 1. The first kappa shape index (κ1) is 26.9. The van der Waals surface area contributed by atoms with E-state index < -0.39 is 10.0 Å². The van der Waals surface area contributed by atoms with Crippen molar-refractivity contribution in [3.63, 3.8) is 0 Å². The zero-order valence-electron chi connectivity index (χ0n) is 20.6. The molecule has 0 atom stereocenters. The Kier molecular flexibility index (Phi) is 8.44. The topological polar surface area (TPSA) is 131 Å². The van der Waals surface area contributed by atoms with E-state index in [4.69, 9.17) is 10.5 Å². The highest BCUT2D eigenvalue weighted by molar-refractivity contribution is 7.89. The number of fused-ring (bicyclic) bond motifs is 1. The number of thiazole rings is 1. The van der Waals surface area contributed by atoms with E-state index in [9.17, 15) is 13.2 Å². The lowest BCUT2D eigenvalue weighted by molar-refractivity contribution is 0.0984. The standard InChI is InChI=1S/C27H24N6O3S2/c1-20-7-12-24-25(18-20)37-27(31-24)33(19-22-6-2-3-15-30-22)26(34)21-8-10-23(11-9-21)38(35,36)32(16-4-13-28)17-5-14-29/h2-3,6-12,15,18H,4-5,16-17,19H2,1H3. The van der Waals surface area contributed by atoms with E-state index in [0.29, 0.717) is 10.8 Å². The number of amides is 1. The van der Waals surface area contributed by atoms with Gasteiger partial charge in [0.25, 0.3) is 5.91 Å². The third-order valence-electron chi connectivity index (χ3n) is 5.74. The summed E-state index contributed by atoms with van der Waals surface area (Å²) in [6.07, 6.45) is 1.67. The Morgan fingerprint density at radius 2 is 1.71 bits per heavy atom. The van der Waals surface area contributed by atoms with Crippen LogP contribution in [-0.4, -0.2) is 41.7 Å². The molecular formula is C27H24N6O3S2. The molecule has 4 aromatic rings. The van der Waals surface area contributed by atoms with Crippen molar-refractivity contribution in [2.24, 2.45) is 0 Å². The summed E-state index contributed by atoms with van der Waals surface area (Å²) in [6.45, 7) is 2.15. The maximum absolute atomic E-state index is 13.7. The fourth-order valence-corrected chi connectivity index (χ4v) is 6.29. The molecule has 0 spiro atoms. The van der Waals surface area contributed by atoms with Gasteiger partial charge in [-0.05, 0) is 61.0 Å². The molecule has 2 heterocycles. The third kappa shape index (κ3) is 6.03. The van der Waals surface area contributed by atoms with Gasteiger partial charge in [-0.15, -0.1) is 0 Å². The van der Waals surface area contributed by atoms with Crippen molar-refractivity contribution in [1.29, 1.82) is 10.5 Å². The van der Waals surface area contributed by atoms with Crippen molar-refractivity contribution >= 4 is 42.6 Å². The molecule has 0 saturated heterocycles. The molecule has 0 saturated carbocycles. The van der Waals surface area contributed by atoms with Crippen molar-refractivity contribution in [3.8, 4) is 12.1 Å². The summed E-state index contributed by atoms with van der Waals surface area (Å²) < 4.78 is 28.4. The second-order valence-electron chi connectivity index (χ2n) is 8.42. The smallest absolute Gasteiger partial charge is 0.260 e. The van der Waals surface area contributed by atoms with Gasteiger partial charge in [-0.2, -0.15) is 14.8 Å². The zero-order valence-corrected chi connectivity index (χ0v) is 22.2. The lowest BCUT2D eigenvalue weighted by atomic mass is 10.2. The SMILES string of the molecule is Cc1ccc2nc(N(Cc3ccccn3)C(=O)c3ccc(S(=O)(=O)N(CCC#N)CCC#N)cc3)sc2c1. The highest BCUT2D eigenvalue weighted by Crippen LogP contribution is 2.31. The highest BCUT2D eigenvalue weighted by Gasteiger charge is 2.26. The van der Waals surface area contributed by atoms with Crippen LogP contribution in [-0.2, 0) is 16.6 Å². The van der Waals surface area contributed by atoms with Gasteiger partial charge in [0, 0.05) is 37.7 Å². The molecule has 11 heteroatoms. The molecule has 9 nitrogen and oxygen atoms in total. The summed E-state index contributed by atoms with van der Waals surface area (Å²) in [4.78, 5) is 24.3. The number of pyridine rings is 1. The van der Waals surface area contributed by atoms with Crippen molar-refractivity contribution in [3.05, 3.63) is 83.7 Å². The number of hydrogen-bond acceptors (Lipinski definition) is 8. The van der Waals surface area contributed by atoms with Gasteiger partial charge in [0.05, 0.1) is 39.5 Å². The third-order valence-corrected chi connectivity index (χ3v) is 8.69. The Labute approximate surface area is 225 Å². The van der Waals surface area contributed by atoms with Gasteiger partial charge in [0.15, 0.2) is 5.13 Å². The molecule has 1 amide bonds. The number of nitriles is 2. The van der Waals surface area contributed by atoms with Crippen LogP contribution >= 0.6 is 11.3 Å². The Bertz CT molecular complexity index is 1600. The van der Waals surface area contributed by atoms with Crippen LogP contribution in [0.15, 0.2) is 71.8 Å². The number of sulfonamides is 1. The molecule has 0 bridgehead atoms. The monoisotopic (exact) mass is 544 g/mol. The fraction of sp³-hybridized carbons (Fsp3) is 0.222. The maximum Gasteiger partial charge on any atom is 0.260 e. The normalized spacial score (nSPS) is 11.3. The number of hydrogen-bond donors (Lipinski definition) is 0. The zero-order chi connectivity index (χ0) is 27.1. The van der Waals surface area contributed by atoms with Gasteiger partial charge < -0.3 is 0 Å². The number of rotatable bonds is 10. The molecule has 192 valence electrons. The van der Waals surface area contributed by atoms with E-state index in [1.807, 2.05) is 49.4 Å². The summed E-state index contributed by atoms with van der Waals surface area (Å²) in [6, 6.07) is 20.9. The minimum Gasteiger partial charge on any atom is -0.278 e. The van der Waals surface area contributed by atoms with Crippen LogP contribution in [0.2, 0.25) is 0 Å². The van der Waals surface area contributed by atoms with E-state index in [1.165, 1.54) is 40.5 Å². The Hall–Kier alpha value is -4.16. The Balaban J connectivity index is 1.66. The summed E-state index contributed by atoms with van der Waals surface area (Å²) in [5, 5.41) is 18.3. The summed E-state index contributed by atoms with van der Waals surface area (Å²) in [5.41, 5.74) is 2.84. The average molecular weight is 545 g/mol. The Morgan fingerprint density at radius 3 is 2.34 bits per heavy atom. The van der Waals surface area contributed by atoms with Crippen LogP contribution in [0.4, 0.5) is 5.13 Å². The van der Waals surface area contributed by atoms with Crippen molar-refractivity contribution in [1.82, 2.24) is 14.3 Å². The predicted octanol–water partition coefficient (Wildman–Crippen LogP) is 4.66. The van der Waals surface area contributed by atoms with Crippen LogP contribution in [0.1, 0.15) is 34.5 Å². The first-order valence-corrected chi connectivity index (χ1v) is 14.0. The van der Waals surface area contributed by atoms with E-state index in [0.717, 1.165) is 20.1 Å².